The van der Waals surface area contributed by atoms with E-state index >= 15 is 0 Å². The maximum Gasteiger partial charge on any atom is 0.410 e. The molecule has 0 saturated carbocycles. The number of thioether (sulfide) groups is 1. The molecule has 5 heteroatoms. The molecule has 0 aromatic carbocycles. The van der Waals surface area contributed by atoms with E-state index in [1.54, 1.807) is 4.90 Å². The standard InChI is InChI=1S/C12H22N2O2S/c1-11(2,3)16-10(15)14-7-12(8-14)6-9(13)4-5-17-12/h9H,4-8,13H2,1-3H3. The molecule has 0 aliphatic carbocycles. The Morgan fingerprint density at radius 2 is 2.12 bits per heavy atom. The molecule has 17 heavy (non-hydrogen) atoms. The number of carbonyl (C=O) groups excluding carboxylic acids is 1. The van der Waals surface area contributed by atoms with Crippen LogP contribution in [0, 0.1) is 0 Å². The Morgan fingerprint density at radius 1 is 1.47 bits per heavy atom. The first kappa shape index (κ1) is 13.0. The number of carbonyl (C=O) groups is 1. The van der Waals surface area contributed by atoms with Crippen LogP contribution in [0.15, 0.2) is 0 Å². The Morgan fingerprint density at radius 3 is 2.65 bits per heavy atom. The molecule has 1 unspecified atom stereocenters. The summed E-state index contributed by atoms with van der Waals surface area (Å²) in [5.41, 5.74) is 5.59. The largest absolute Gasteiger partial charge is 0.444 e. The van der Waals surface area contributed by atoms with Gasteiger partial charge < -0.3 is 15.4 Å². The molecule has 2 saturated heterocycles. The smallest absolute Gasteiger partial charge is 0.410 e. The topological polar surface area (TPSA) is 55.6 Å². The van der Waals surface area contributed by atoms with E-state index in [-0.39, 0.29) is 10.8 Å². The van der Waals surface area contributed by atoms with Crippen molar-refractivity contribution in [2.45, 2.75) is 50.0 Å². The van der Waals surface area contributed by atoms with Crippen LogP contribution in [-0.4, -0.2) is 46.2 Å². The Kier molecular flexibility index (Phi) is 3.34. The molecule has 2 N–H and O–H groups in total. The first-order chi connectivity index (χ1) is 7.80. The molecule has 0 aromatic rings. The van der Waals surface area contributed by atoms with Gasteiger partial charge in [-0.3, -0.25) is 0 Å². The molecule has 2 fully saturated rings. The highest BCUT2D eigenvalue weighted by atomic mass is 32.2. The van der Waals surface area contributed by atoms with Crippen molar-refractivity contribution in [3.63, 3.8) is 0 Å². The minimum absolute atomic E-state index is 0.192. The van der Waals surface area contributed by atoms with Crippen LogP contribution in [-0.2, 0) is 4.74 Å². The summed E-state index contributed by atoms with van der Waals surface area (Å²) in [7, 11) is 0. The summed E-state index contributed by atoms with van der Waals surface area (Å²) in [6.07, 6.45) is 1.93. The van der Waals surface area contributed by atoms with Crippen molar-refractivity contribution in [1.82, 2.24) is 4.90 Å². The summed E-state index contributed by atoms with van der Waals surface area (Å²) in [6.45, 7) is 7.27. The SMILES string of the molecule is CC(C)(C)OC(=O)N1CC2(CC(N)CCS2)C1. The van der Waals surface area contributed by atoms with E-state index in [1.165, 1.54) is 0 Å². The number of nitrogens with zero attached hydrogens (tertiary/aromatic N) is 1. The summed E-state index contributed by atoms with van der Waals surface area (Å²) in [5, 5.41) is 0. The zero-order chi connectivity index (χ0) is 12.7. The highest BCUT2D eigenvalue weighted by Gasteiger charge is 2.49. The second kappa shape index (κ2) is 4.35. The minimum atomic E-state index is -0.407. The summed E-state index contributed by atoms with van der Waals surface area (Å²) in [5.74, 6) is 1.11. The predicted octanol–water partition coefficient (Wildman–Crippen LogP) is 1.83. The lowest BCUT2D eigenvalue weighted by molar-refractivity contribution is 0.00261. The third-order valence-electron chi connectivity index (χ3n) is 3.14. The van der Waals surface area contributed by atoms with Gasteiger partial charge in [-0.1, -0.05) is 0 Å². The Hall–Kier alpha value is -0.420. The zero-order valence-electron chi connectivity index (χ0n) is 10.9. The molecule has 1 atom stereocenters. The Labute approximate surface area is 107 Å². The fourth-order valence-electron chi connectivity index (χ4n) is 2.39. The molecule has 1 amide bonds. The lowest BCUT2D eigenvalue weighted by atomic mass is 9.90. The maximum absolute atomic E-state index is 11.8. The lowest BCUT2D eigenvalue weighted by Crippen LogP contribution is -2.64. The predicted molar refractivity (Wildman–Crippen MR) is 70.2 cm³/mol. The van der Waals surface area contributed by atoms with Crippen molar-refractivity contribution in [2.24, 2.45) is 5.73 Å². The number of amides is 1. The van der Waals surface area contributed by atoms with Crippen molar-refractivity contribution in [2.75, 3.05) is 18.8 Å². The lowest BCUT2D eigenvalue weighted by Gasteiger charge is -2.52. The number of rotatable bonds is 0. The van der Waals surface area contributed by atoms with Gasteiger partial charge in [0.25, 0.3) is 0 Å². The number of hydrogen-bond acceptors (Lipinski definition) is 4. The average molecular weight is 258 g/mol. The monoisotopic (exact) mass is 258 g/mol. The van der Waals surface area contributed by atoms with Crippen molar-refractivity contribution in [3.8, 4) is 0 Å². The van der Waals surface area contributed by atoms with Crippen LogP contribution in [0.2, 0.25) is 0 Å². The first-order valence-corrected chi connectivity index (χ1v) is 7.16. The van der Waals surface area contributed by atoms with Crippen LogP contribution in [0.4, 0.5) is 4.79 Å². The van der Waals surface area contributed by atoms with Gasteiger partial charge >= 0.3 is 6.09 Å². The summed E-state index contributed by atoms with van der Waals surface area (Å²) in [6, 6.07) is 0.303. The molecular weight excluding hydrogens is 236 g/mol. The number of nitrogens with two attached hydrogens (primary N) is 1. The second-order valence-corrected chi connectivity index (χ2v) is 7.68. The number of likely N-dealkylation sites (tertiary alicyclic amines) is 1. The number of ether oxygens (including phenoxy) is 1. The fraction of sp³-hybridized carbons (Fsp3) is 0.917. The molecular formula is C12H22N2O2S. The van der Waals surface area contributed by atoms with Gasteiger partial charge in [0.2, 0.25) is 0 Å². The zero-order valence-corrected chi connectivity index (χ0v) is 11.7. The average Bonchev–Trinajstić information content (AvgIpc) is 2.10. The van der Waals surface area contributed by atoms with Crippen LogP contribution in [0.5, 0.6) is 0 Å². The molecule has 0 bridgehead atoms. The molecule has 2 heterocycles. The van der Waals surface area contributed by atoms with Crippen molar-refractivity contribution < 1.29 is 9.53 Å². The van der Waals surface area contributed by atoms with E-state index < -0.39 is 5.60 Å². The Bertz CT molecular complexity index is 308. The molecule has 0 aromatic heterocycles. The number of hydrogen-bond donors (Lipinski definition) is 1. The van der Waals surface area contributed by atoms with Gasteiger partial charge in [-0.15, -0.1) is 0 Å². The maximum atomic E-state index is 11.8. The summed E-state index contributed by atoms with van der Waals surface area (Å²) in [4.78, 5) is 13.6. The molecule has 98 valence electrons. The van der Waals surface area contributed by atoms with Gasteiger partial charge in [-0.25, -0.2) is 4.79 Å². The molecule has 2 aliphatic heterocycles. The highest BCUT2D eigenvalue weighted by Crippen LogP contribution is 2.43. The van der Waals surface area contributed by atoms with E-state index in [0.717, 1.165) is 31.7 Å². The van der Waals surface area contributed by atoms with E-state index in [9.17, 15) is 4.79 Å². The van der Waals surface area contributed by atoms with Crippen LogP contribution in [0.1, 0.15) is 33.6 Å². The summed E-state index contributed by atoms with van der Waals surface area (Å²) < 4.78 is 5.57. The van der Waals surface area contributed by atoms with Crippen molar-refractivity contribution >= 4 is 17.9 Å². The second-order valence-electron chi connectivity index (χ2n) is 6.12. The van der Waals surface area contributed by atoms with E-state index in [1.807, 2.05) is 32.5 Å². The minimum Gasteiger partial charge on any atom is -0.444 e. The molecule has 2 rings (SSSR count). The third kappa shape index (κ3) is 3.07. The van der Waals surface area contributed by atoms with E-state index in [4.69, 9.17) is 10.5 Å². The normalized spacial score (nSPS) is 27.8. The van der Waals surface area contributed by atoms with Crippen molar-refractivity contribution in [1.29, 1.82) is 0 Å². The molecule has 0 radical (unpaired) electrons. The van der Waals surface area contributed by atoms with Crippen LogP contribution < -0.4 is 5.73 Å². The fourth-order valence-corrected chi connectivity index (χ4v) is 4.07. The van der Waals surface area contributed by atoms with Crippen molar-refractivity contribution in [3.05, 3.63) is 0 Å². The highest BCUT2D eigenvalue weighted by molar-refractivity contribution is 8.00. The van der Waals surface area contributed by atoms with Gasteiger partial charge in [0.15, 0.2) is 0 Å². The molecule has 2 aliphatic rings. The summed E-state index contributed by atoms with van der Waals surface area (Å²) >= 11 is 1.97. The molecule has 4 nitrogen and oxygen atoms in total. The van der Waals surface area contributed by atoms with Gasteiger partial charge in [-0.05, 0) is 39.4 Å². The van der Waals surface area contributed by atoms with Gasteiger partial charge in [0.1, 0.15) is 5.60 Å². The van der Waals surface area contributed by atoms with E-state index in [0.29, 0.717) is 6.04 Å². The van der Waals surface area contributed by atoms with Gasteiger partial charge in [-0.2, -0.15) is 11.8 Å². The van der Waals surface area contributed by atoms with Crippen LogP contribution >= 0.6 is 11.8 Å². The van der Waals surface area contributed by atoms with Gasteiger partial charge in [0.05, 0.1) is 4.75 Å². The third-order valence-corrected chi connectivity index (χ3v) is 4.62. The van der Waals surface area contributed by atoms with Gasteiger partial charge in [0, 0.05) is 19.1 Å². The quantitative estimate of drug-likeness (QED) is 0.720. The van der Waals surface area contributed by atoms with E-state index in [2.05, 4.69) is 0 Å². The Balaban J connectivity index is 1.83. The molecule has 1 spiro atoms. The first-order valence-electron chi connectivity index (χ1n) is 6.17. The van der Waals surface area contributed by atoms with Crippen LogP contribution in [0.25, 0.3) is 0 Å². The van der Waals surface area contributed by atoms with Crippen LogP contribution in [0.3, 0.4) is 0 Å².